The lowest BCUT2D eigenvalue weighted by Gasteiger charge is -2.43. The molecule has 1 aromatic carbocycles. The summed E-state index contributed by atoms with van der Waals surface area (Å²) >= 11 is 0. The smallest absolute Gasteiger partial charge is 0.228 e. The molecule has 168 valence electrons. The minimum absolute atomic E-state index is 0.177. The summed E-state index contributed by atoms with van der Waals surface area (Å²) in [5.74, 6) is 0.768. The van der Waals surface area contributed by atoms with Gasteiger partial charge in [-0.2, -0.15) is 0 Å². The number of pyridine rings is 1. The Balaban J connectivity index is 1.37. The van der Waals surface area contributed by atoms with E-state index in [1.807, 2.05) is 49.6 Å². The van der Waals surface area contributed by atoms with E-state index in [4.69, 9.17) is 0 Å². The second-order valence-electron chi connectivity index (χ2n) is 10.3. The molecule has 0 bridgehead atoms. The van der Waals surface area contributed by atoms with Crippen molar-refractivity contribution in [2.75, 3.05) is 27.2 Å². The van der Waals surface area contributed by atoms with Gasteiger partial charge in [0, 0.05) is 45.5 Å². The van der Waals surface area contributed by atoms with E-state index in [0.717, 1.165) is 30.4 Å². The van der Waals surface area contributed by atoms with Crippen LogP contribution in [-0.4, -0.2) is 53.8 Å². The van der Waals surface area contributed by atoms with Crippen LogP contribution in [0.2, 0.25) is 0 Å². The van der Waals surface area contributed by atoms with Crippen LogP contribution in [0.1, 0.15) is 44.1 Å². The van der Waals surface area contributed by atoms with Crippen LogP contribution in [-0.2, 0) is 16.0 Å². The first-order valence-electron chi connectivity index (χ1n) is 11.9. The second kappa shape index (κ2) is 8.02. The van der Waals surface area contributed by atoms with Crippen molar-refractivity contribution in [2.24, 2.45) is 16.7 Å². The van der Waals surface area contributed by atoms with Crippen LogP contribution in [0.3, 0.4) is 0 Å². The summed E-state index contributed by atoms with van der Waals surface area (Å²) in [5, 5.41) is 0. The zero-order chi connectivity index (χ0) is 22.3. The zero-order valence-electron chi connectivity index (χ0n) is 19.2. The molecule has 2 aromatic rings. The fourth-order valence-corrected chi connectivity index (χ4v) is 6.05. The lowest BCUT2D eigenvalue weighted by atomic mass is 9.71. The largest absolute Gasteiger partial charge is 0.348 e. The van der Waals surface area contributed by atoms with Crippen molar-refractivity contribution in [2.45, 2.75) is 44.9 Å². The molecule has 2 aliphatic carbocycles. The van der Waals surface area contributed by atoms with Crippen LogP contribution in [0.5, 0.6) is 0 Å². The molecular weight excluding hydrogens is 398 g/mol. The van der Waals surface area contributed by atoms with Gasteiger partial charge in [0.05, 0.1) is 5.41 Å². The summed E-state index contributed by atoms with van der Waals surface area (Å²) < 4.78 is 0. The average molecular weight is 432 g/mol. The molecule has 1 spiro atoms. The summed E-state index contributed by atoms with van der Waals surface area (Å²) in [6, 6.07) is 12.4. The maximum absolute atomic E-state index is 13.5. The minimum Gasteiger partial charge on any atom is -0.348 e. The number of hydrogen-bond donors (Lipinski definition) is 0. The van der Waals surface area contributed by atoms with Crippen molar-refractivity contribution in [1.29, 1.82) is 0 Å². The molecule has 1 atom stereocenters. The van der Waals surface area contributed by atoms with E-state index >= 15 is 0 Å². The van der Waals surface area contributed by atoms with E-state index in [-0.39, 0.29) is 11.8 Å². The number of aromatic nitrogens is 1. The Morgan fingerprint density at radius 1 is 1.03 bits per heavy atom. The number of piperidine rings is 1. The third-order valence-corrected chi connectivity index (χ3v) is 8.27. The van der Waals surface area contributed by atoms with Crippen molar-refractivity contribution in [3.05, 3.63) is 54.4 Å². The maximum atomic E-state index is 13.5. The molecular formula is C27H33N3O2. The van der Waals surface area contributed by atoms with Gasteiger partial charge in [-0.25, -0.2) is 0 Å². The predicted molar refractivity (Wildman–Crippen MR) is 125 cm³/mol. The lowest BCUT2D eigenvalue weighted by Crippen LogP contribution is -2.51. The molecule has 1 unspecified atom stereocenters. The number of carbonyl (C=O) groups is 2. The van der Waals surface area contributed by atoms with Crippen LogP contribution >= 0.6 is 0 Å². The second-order valence-corrected chi connectivity index (χ2v) is 10.3. The first-order chi connectivity index (χ1) is 15.4. The number of nitrogens with zero attached hydrogens (tertiary/aromatic N) is 3. The van der Waals surface area contributed by atoms with Crippen LogP contribution in [0, 0.1) is 16.7 Å². The SMILES string of the molecule is CN(C)C(=O)C1(Cc2ccccc2-c2ccncc2)CCN(C(=O)C2CC23CCC3)CC1. The van der Waals surface area contributed by atoms with Gasteiger partial charge in [0.1, 0.15) is 0 Å². The molecule has 0 N–H and O–H groups in total. The summed E-state index contributed by atoms with van der Waals surface area (Å²) in [6.07, 6.45) is 10.6. The van der Waals surface area contributed by atoms with Crippen molar-refractivity contribution in [1.82, 2.24) is 14.8 Å². The highest BCUT2D eigenvalue weighted by Crippen LogP contribution is 2.66. The van der Waals surface area contributed by atoms with Gasteiger partial charge in [-0.05, 0) is 72.8 Å². The molecule has 1 saturated heterocycles. The number of carbonyl (C=O) groups excluding carboxylic acids is 2. The number of amides is 2. The minimum atomic E-state index is -0.471. The van der Waals surface area contributed by atoms with E-state index in [1.54, 1.807) is 4.90 Å². The molecule has 3 fully saturated rings. The Hall–Kier alpha value is -2.69. The van der Waals surface area contributed by atoms with Crippen LogP contribution in [0.15, 0.2) is 48.8 Å². The van der Waals surface area contributed by atoms with E-state index in [1.165, 1.54) is 24.8 Å². The molecule has 32 heavy (non-hydrogen) atoms. The summed E-state index contributed by atoms with van der Waals surface area (Å²) in [4.78, 5) is 34.5. The summed E-state index contributed by atoms with van der Waals surface area (Å²) in [6.45, 7) is 1.37. The van der Waals surface area contributed by atoms with Gasteiger partial charge in [0.2, 0.25) is 11.8 Å². The number of rotatable bonds is 5. The van der Waals surface area contributed by atoms with Crippen molar-refractivity contribution in [3.8, 4) is 11.1 Å². The molecule has 5 rings (SSSR count). The van der Waals surface area contributed by atoms with Crippen molar-refractivity contribution < 1.29 is 9.59 Å². The highest BCUT2D eigenvalue weighted by molar-refractivity contribution is 5.85. The van der Waals surface area contributed by atoms with Gasteiger partial charge < -0.3 is 9.80 Å². The molecule has 1 aliphatic heterocycles. The fourth-order valence-electron chi connectivity index (χ4n) is 6.05. The fraction of sp³-hybridized carbons (Fsp3) is 0.519. The van der Waals surface area contributed by atoms with Crippen LogP contribution < -0.4 is 0 Å². The Morgan fingerprint density at radius 2 is 1.72 bits per heavy atom. The molecule has 2 amide bonds. The third kappa shape index (κ3) is 3.62. The van der Waals surface area contributed by atoms with Gasteiger partial charge in [-0.15, -0.1) is 0 Å². The average Bonchev–Trinajstić information content (AvgIpc) is 3.56. The molecule has 2 heterocycles. The third-order valence-electron chi connectivity index (χ3n) is 8.27. The zero-order valence-corrected chi connectivity index (χ0v) is 19.2. The van der Waals surface area contributed by atoms with Gasteiger partial charge in [0.15, 0.2) is 0 Å². The summed E-state index contributed by atoms with van der Waals surface area (Å²) in [5.41, 5.74) is 3.35. The van der Waals surface area contributed by atoms with Gasteiger partial charge in [-0.3, -0.25) is 14.6 Å². The molecule has 0 radical (unpaired) electrons. The highest BCUT2D eigenvalue weighted by atomic mass is 16.2. The van der Waals surface area contributed by atoms with Crippen molar-refractivity contribution in [3.63, 3.8) is 0 Å². The molecule has 5 heteroatoms. The Kier molecular flexibility index (Phi) is 5.31. The monoisotopic (exact) mass is 431 g/mol. The first-order valence-corrected chi connectivity index (χ1v) is 11.9. The quantitative estimate of drug-likeness (QED) is 0.714. The Bertz CT molecular complexity index is 1000. The van der Waals surface area contributed by atoms with E-state index < -0.39 is 5.41 Å². The van der Waals surface area contributed by atoms with Crippen molar-refractivity contribution >= 4 is 11.8 Å². The van der Waals surface area contributed by atoms with E-state index in [2.05, 4.69) is 23.2 Å². The number of hydrogen-bond acceptors (Lipinski definition) is 3. The topological polar surface area (TPSA) is 53.5 Å². The summed E-state index contributed by atoms with van der Waals surface area (Å²) in [7, 11) is 3.70. The highest BCUT2D eigenvalue weighted by Gasteiger charge is 2.62. The molecule has 2 saturated carbocycles. The Labute approximate surface area is 190 Å². The van der Waals surface area contributed by atoms with Gasteiger partial charge in [0.25, 0.3) is 0 Å². The number of likely N-dealkylation sites (tertiary alicyclic amines) is 1. The standard InChI is InChI=1S/C27H33N3O2/c1-29(2)25(32)27(18-21-6-3-4-7-22(21)20-8-14-28-15-9-20)12-16-30(17-13-27)24(31)23-19-26(23)10-5-11-26/h3-4,6-9,14-15,23H,5,10-13,16-19H2,1-2H3. The van der Waals surface area contributed by atoms with E-state index in [0.29, 0.717) is 30.8 Å². The molecule has 5 nitrogen and oxygen atoms in total. The molecule has 3 aliphatic rings. The predicted octanol–water partition coefficient (Wildman–Crippen LogP) is 4.18. The van der Waals surface area contributed by atoms with Gasteiger partial charge >= 0.3 is 0 Å². The maximum Gasteiger partial charge on any atom is 0.228 e. The molecule has 1 aromatic heterocycles. The Morgan fingerprint density at radius 3 is 2.31 bits per heavy atom. The van der Waals surface area contributed by atoms with Gasteiger partial charge in [-0.1, -0.05) is 30.7 Å². The van der Waals surface area contributed by atoms with Crippen LogP contribution in [0.4, 0.5) is 0 Å². The van der Waals surface area contributed by atoms with Crippen LogP contribution in [0.25, 0.3) is 11.1 Å². The normalized spacial score (nSPS) is 22.8. The lowest BCUT2D eigenvalue weighted by molar-refractivity contribution is -0.147. The van der Waals surface area contributed by atoms with E-state index in [9.17, 15) is 9.59 Å². The first kappa shape index (κ1) is 21.2. The number of benzene rings is 1.